The lowest BCUT2D eigenvalue weighted by molar-refractivity contribution is 0.0812. The van der Waals surface area contributed by atoms with Gasteiger partial charge in [0.1, 0.15) is 17.0 Å². The lowest BCUT2D eigenvalue weighted by atomic mass is 9.85. The highest BCUT2D eigenvalue weighted by atomic mass is 16.5. The Bertz CT molecular complexity index is 876. The van der Waals surface area contributed by atoms with Crippen molar-refractivity contribution in [3.63, 3.8) is 0 Å². The van der Waals surface area contributed by atoms with Crippen LogP contribution in [0, 0.1) is 13.8 Å². The van der Waals surface area contributed by atoms with Gasteiger partial charge < -0.3 is 14.9 Å². The second-order valence-electron chi connectivity index (χ2n) is 4.70. The number of hydrogen-bond donors (Lipinski definition) is 1. The molecule has 3 rings (SSSR count). The number of nitrogens with two attached hydrogens (primary N) is 1. The number of rotatable bonds is 1. The minimum atomic E-state index is -0.850. The normalized spacial score (nSPS) is 13.3. The third-order valence-electron chi connectivity index (χ3n) is 3.70. The van der Waals surface area contributed by atoms with Gasteiger partial charge in [-0.3, -0.25) is 9.59 Å². The molecule has 2 N–H and O–H groups in total. The van der Waals surface area contributed by atoms with Crippen LogP contribution in [0.25, 0.3) is 11.0 Å². The summed E-state index contributed by atoms with van der Waals surface area (Å²) in [5.74, 6) is -1.33. The smallest absolute Gasteiger partial charge is 0.348 e. The maximum Gasteiger partial charge on any atom is 0.348 e. The van der Waals surface area contributed by atoms with Crippen molar-refractivity contribution in [2.24, 2.45) is 0 Å². The predicted molar refractivity (Wildman–Crippen MR) is 71.6 cm³/mol. The van der Waals surface area contributed by atoms with Crippen LogP contribution in [0.15, 0.2) is 9.21 Å². The van der Waals surface area contributed by atoms with Crippen LogP contribution in [0.4, 0.5) is 5.69 Å². The monoisotopic (exact) mass is 273 g/mol. The fraction of sp³-hybridized carbons (Fsp3) is 0.214. The Balaban J connectivity index is 2.73. The molecule has 1 aliphatic rings. The number of carbonyl (C=O) groups excluding carboxylic acids is 2. The van der Waals surface area contributed by atoms with Crippen molar-refractivity contribution in [2.75, 3.05) is 12.8 Å². The number of benzene rings is 1. The van der Waals surface area contributed by atoms with Crippen molar-refractivity contribution < 1.29 is 18.7 Å². The highest BCUT2D eigenvalue weighted by Crippen LogP contribution is 2.41. The van der Waals surface area contributed by atoms with Gasteiger partial charge in [-0.2, -0.15) is 0 Å². The van der Waals surface area contributed by atoms with E-state index in [1.54, 1.807) is 13.8 Å². The molecular formula is C14H11NO5. The molecule has 102 valence electrons. The number of fused-ring (bicyclic) bond motifs is 1. The Kier molecular flexibility index (Phi) is 2.29. The van der Waals surface area contributed by atoms with Crippen LogP contribution >= 0.6 is 0 Å². The maximum absolute atomic E-state index is 12.2. The molecule has 0 atom stereocenters. The number of hydrogen-bond acceptors (Lipinski definition) is 6. The van der Waals surface area contributed by atoms with Crippen LogP contribution in [0.5, 0.6) is 5.75 Å². The first-order valence-corrected chi connectivity index (χ1v) is 5.92. The van der Waals surface area contributed by atoms with E-state index in [9.17, 15) is 14.4 Å². The Morgan fingerprint density at radius 1 is 1.00 bits per heavy atom. The first-order valence-electron chi connectivity index (χ1n) is 5.92. The molecule has 0 aliphatic heterocycles. The lowest BCUT2D eigenvalue weighted by Crippen LogP contribution is -2.29. The molecule has 2 aromatic rings. The van der Waals surface area contributed by atoms with E-state index in [4.69, 9.17) is 14.9 Å². The van der Waals surface area contributed by atoms with Crippen molar-refractivity contribution >= 4 is 28.2 Å². The van der Waals surface area contributed by atoms with Crippen LogP contribution in [-0.2, 0) is 0 Å². The molecule has 2 bridgehead atoms. The zero-order chi connectivity index (χ0) is 14.8. The first kappa shape index (κ1) is 12.4. The van der Waals surface area contributed by atoms with E-state index in [1.165, 1.54) is 7.11 Å². The second-order valence-corrected chi connectivity index (χ2v) is 4.70. The van der Waals surface area contributed by atoms with E-state index in [2.05, 4.69) is 0 Å². The molecule has 0 amide bonds. The lowest BCUT2D eigenvalue weighted by Gasteiger charge is -2.20. The molecule has 20 heavy (non-hydrogen) atoms. The van der Waals surface area contributed by atoms with Crippen molar-refractivity contribution in [3.05, 3.63) is 32.7 Å². The number of ether oxygens (including phenoxy) is 1. The van der Waals surface area contributed by atoms with Gasteiger partial charge in [0.05, 0.1) is 7.11 Å². The molecule has 1 aromatic carbocycles. The first-order chi connectivity index (χ1) is 9.40. The Hall–Kier alpha value is -2.63. The van der Waals surface area contributed by atoms with E-state index >= 15 is 0 Å². The van der Waals surface area contributed by atoms with E-state index in [1.807, 2.05) is 0 Å². The van der Waals surface area contributed by atoms with Gasteiger partial charge in [-0.25, -0.2) is 4.79 Å². The van der Waals surface area contributed by atoms with Gasteiger partial charge in [-0.1, -0.05) is 0 Å². The average Bonchev–Trinajstić information content (AvgIpc) is 2.39. The van der Waals surface area contributed by atoms with Crippen molar-refractivity contribution in [2.45, 2.75) is 13.8 Å². The summed E-state index contributed by atoms with van der Waals surface area (Å²) < 4.78 is 10.3. The van der Waals surface area contributed by atoms with E-state index in [0.717, 1.165) is 0 Å². The number of anilines is 1. The summed E-state index contributed by atoms with van der Waals surface area (Å²) >= 11 is 0. The van der Waals surface area contributed by atoms with Crippen LogP contribution in [0.1, 0.15) is 31.8 Å². The second kappa shape index (κ2) is 3.69. The van der Waals surface area contributed by atoms with Crippen LogP contribution < -0.4 is 16.1 Å². The van der Waals surface area contributed by atoms with Gasteiger partial charge in [0.2, 0.25) is 11.6 Å². The van der Waals surface area contributed by atoms with Crippen LogP contribution in [0.2, 0.25) is 0 Å². The molecule has 1 aromatic heterocycles. The van der Waals surface area contributed by atoms with Gasteiger partial charge in [-0.05, 0) is 19.4 Å². The molecule has 6 nitrogen and oxygen atoms in total. The summed E-state index contributed by atoms with van der Waals surface area (Å²) in [6.07, 6.45) is 0. The summed E-state index contributed by atoms with van der Waals surface area (Å²) in [6.45, 7) is 3.25. The number of nitrogen functional groups attached to an aromatic ring is 1. The van der Waals surface area contributed by atoms with Crippen LogP contribution in [0.3, 0.4) is 0 Å². The molecule has 1 heterocycles. The highest BCUT2D eigenvalue weighted by molar-refractivity contribution is 6.53. The van der Waals surface area contributed by atoms with Gasteiger partial charge in [0, 0.05) is 16.5 Å². The number of ketones is 2. The number of aryl methyl sites for hydroxylation is 1. The standard InChI is InChI=1S/C14H11NO5/c1-4-7-6-5(2)12(19-3)9(15)13(7)20-14(18)8(4)11(17)10(6)16/h15H2,1-3H3. The minimum Gasteiger partial charge on any atom is -0.494 e. The van der Waals surface area contributed by atoms with Crippen molar-refractivity contribution in [1.29, 1.82) is 0 Å². The zero-order valence-corrected chi connectivity index (χ0v) is 11.1. The number of carbonyl (C=O) groups is 2. The van der Waals surface area contributed by atoms with Crippen LogP contribution in [-0.4, -0.2) is 18.7 Å². The third-order valence-corrected chi connectivity index (χ3v) is 3.70. The summed E-state index contributed by atoms with van der Waals surface area (Å²) in [7, 11) is 1.39. The minimum absolute atomic E-state index is 0.0922. The molecule has 0 radical (unpaired) electrons. The Morgan fingerprint density at radius 2 is 1.60 bits per heavy atom. The zero-order valence-electron chi connectivity index (χ0n) is 11.1. The quantitative estimate of drug-likeness (QED) is 0.478. The fourth-order valence-corrected chi connectivity index (χ4v) is 2.78. The fourth-order valence-electron chi connectivity index (χ4n) is 2.78. The topological polar surface area (TPSA) is 99.6 Å². The molecule has 1 aliphatic carbocycles. The molecule has 6 heteroatoms. The SMILES string of the molecule is COc1c(C)c2c3c(C)c(c(=O)oc3c1N)C(=O)C2=O. The molecule has 0 saturated carbocycles. The summed E-state index contributed by atoms with van der Waals surface area (Å²) in [5.41, 5.74) is 6.21. The van der Waals surface area contributed by atoms with E-state index < -0.39 is 17.2 Å². The largest absolute Gasteiger partial charge is 0.494 e. The van der Waals surface area contributed by atoms with Gasteiger partial charge in [0.15, 0.2) is 5.58 Å². The Labute approximate surface area is 113 Å². The molecule has 0 fully saturated rings. The average molecular weight is 273 g/mol. The van der Waals surface area contributed by atoms with Gasteiger partial charge in [-0.15, -0.1) is 0 Å². The van der Waals surface area contributed by atoms with E-state index in [0.29, 0.717) is 16.5 Å². The van der Waals surface area contributed by atoms with Gasteiger partial charge >= 0.3 is 5.63 Å². The molecule has 0 spiro atoms. The number of methoxy groups -OCH3 is 1. The Morgan fingerprint density at radius 3 is 2.20 bits per heavy atom. The van der Waals surface area contributed by atoms with Crippen molar-refractivity contribution in [1.82, 2.24) is 0 Å². The molecule has 0 unspecified atom stereocenters. The van der Waals surface area contributed by atoms with E-state index in [-0.39, 0.29) is 28.1 Å². The summed E-state index contributed by atoms with van der Waals surface area (Å²) in [6, 6.07) is 0. The highest BCUT2D eigenvalue weighted by Gasteiger charge is 2.36. The van der Waals surface area contributed by atoms with Gasteiger partial charge in [0.25, 0.3) is 0 Å². The number of Topliss-reactive ketones (excluding diaryl/α,β-unsaturated/α-hetero) is 2. The third kappa shape index (κ3) is 1.20. The predicted octanol–water partition coefficient (Wildman–Crippen LogP) is 1.38. The molecular weight excluding hydrogens is 262 g/mol. The summed E-state index contributed by atoms with van der Waals surface area (Å²) in [5, 5.41) is 0.417. The summed E-state index contributed by atoms with van der Waals surface area (Å²) in [4.78, 5) is 36.1. The van der Waals surface area contributed by atoms with Crippen molar-refractivity contribution in [3.8, 4) is 5.75 Å². The molecule has 0 saturated heterocycles. The maximum atomic E-state index is 12.2.